The fraction of sp³-hybridized carbons (Fsp3) is 0.600. The van der Waals surface area contributed by atoms with Gasteiger partial charge < -0.3 is 5.73 Å². The first-order valence-corrected chi connectivity index (χ1v) is 7.78. The summed E-state index contributed by atoms with van der Waals surface area (Å²) in [6, 6.07) is 9.08. The van der Waals surface area contributed by atoms with Crippen LogP contribution in [0.4, 0.5) is 0 Å². The molecule has 1 aliphatic heterocycles. The molecule has 0 amide bonds. The summed E-state index contributed by atoms with van der Waals surface area (Å²) in [6.45, 7) is 2.15. The van der Waals surface area contributed by atoms with Crippen molar-refractivity contribution in [1.82, 2.24) is 0 Å². The normalized spacial score (nSPS) is 19.2. The van der Waals surface area contributed by atoms with Gasteiger partial charge in [-0.2, -0.15) is 11.8 Å². The quantitative estimate of drug-likeness (QED) is 0.885. The van der Waals surface area contributed by atoms with Crippen molar-refractivity contribution in [2.45, 2.75) is 38.6 Å². The van der Waals surface area contributed by atoms with Crippen LogP contribution in [-0.4, -0.2) is 17.5 Å². The van der Waals surface area contributed by atoms with Crippen LogP contribution in [0.1, 0.15) is 30.4 Å². The highest BCUT2D eigenvalue weighted by Gasteiger charge is 2.17. The van der Waals surface area contributed by atoms with Crippen LogP contribution in [0.25, 0.3) is 0 Å². The van der Waals surface area contributed by atoms with Crippen molar-refractivity contribution in [3.8, 4) is 0 Å². The summed E-state index contributed by atoms with van der Waals surface area (Å²) in [6.07, 6.45) is 4.97. The van der Waals surface area contributed by atoms with Gasteiger partial charge in [0.1, 0.15) is 0 Å². The zero-order chi connectivity index (χ0) is 12.1. The maximum absolute atomic E-state index is 6.28. The van der Waals surface area contributed by atoms with Crippen LogP contribution in [0, 0.1) is 12.8 Å². The third-order valence-corrected chi connectivity index (χ3v) is 4.61. The molecular weight excluding hydrogens is 226 g/mol. The third kappa shape index (κ3) is 4.36. The van der Waals surface area contributed by atoms with E-state index in [9.17, 15) is 0 Å². The van der Waals surface area contributed by atoms with E-state index in [4.69, 9.17) is 5.73 Å². The van der Waals surface area contributed by atoms with Gasteiger partial charge in [0.2, 0.25) is 0 Å². The summed E-state index contributed by atoms with van der Waals surface area (Å²) >= 11 is 2.09. The van der Waals surface area contributed by atoms with Gasteiger partial charge in [-0.1, -0.05) is 29.8 Å². The van der Waals surface area contributed by atoms with E-state index in [0.717, 1.165) is 12.3 Å². The van der Waals surface area contributed by atoms with Crippen LogP contribution < -0.4 is 5.73 Å². The zero-order valence-electron chi connectivity index (χ0n) is 10.7. The molecule has 1 saturated heterocycles. The Morgan fingerprint density at radius 3 is 2.82 bits per heavy atom. The molecule has 17 heavy (non-hydrogen) atoms. The summed E-state index contributed by atoms with van der Waals surface area (Å²) in [4.78, 5) is 0. The molecule has 0 spiro atoms. The Hall–Kier alpha value is -0.470. The number of aryl methyl sites for hydroxylation is 1. The summed E-state index contributed by atoms with van der Waals surface area (Å²) in [7, 11) is 0. The Balaban J connectivity index is 1.82. The molecule has 2 rings (SSSR count). The van der Waals surface area contributed by atoms with Gasteiger partial charge >= 0.3 is 0 Å². The van der Waals surface area contributed by atoms with Crippen molar-refractivity contribution in [2.24, 2.45) is 11.7 Å². The zero-order valence-corrected chi connectivity index (χ0v) is 11.5. The second-order valence-corrected chi connectivity index (χ2v) is 6.47. The molecule has 1 fully saturated rings. The van der Waals surface area contributed by atoms with Crippen molar-refractivity contribution in [2.75, 3.05) is 11.5 Å². The number of nitrogens with two attached hydrogens (primary N) is 1. The van der Waals surface area contributed by atoms with E-state index in [1.165, 1.54) is 41.9 Å². The molecular formula is C15H23NS. The molecule has 0 aromatic heterocycles. The SMILES string of the molecule is Cc1cccc(CC(N)CC2CCSCC2)c1. The fourth-order valence-corrected chi connectivity index (χ4v) is 3.84. The first kappa shape index (κ1) is 13.0. The van der Waals surface area contributed by atoms with Crippen molar-refractivity contribution in [3.05, 3.63) is 35.4 Å². The lowest BCUT2D eigenvalue weighted by Gasteiger charge is -2.24. The van der Waals surface area contributed by atoms with Gasteiger partial charge in [-0.15, -0.1) is 0 Å². The van der Waals surface area contributed by atoms with Gasteiger partial charge in [0.05, 0.1) is 0 Å². The number of thioether (sulfide) groups is 1. The van der Waals surface area contributed by atoms with Crippen molar-refractivity contribution in [3.63, 3.8) is 0 Å². The van der Waals surface area contributed by atoms with Crippen LogP contribution in [0.5, 0.6) is 0 Å². The molecule has 1 atom stereocenters. The second kappa shape index (κ2) is 6.46. The summed E-state index contributed by atoms with van der Waals surface area (Å²) in [5, 5.41) is 0. The highest BCUT2D eigenvalue weighted by Crippen LogP contribution is 2.26. The van der Waals surface area contributed by atoms with Gasteiger partial charge in [-0.25, -0.2) is 0 Å². The van der Waals surface area contributed by atoms with Gasteiger partial charge in [0, 0.05) is 6.04 Å². The van der Waals surface area contributed by atoms with E-state index in [1.54, 1.807) is 0 Å². The molecule has 0 saturated carbocycles. The number of benzene rings is 1. The van der Waals surface area contributed by atoms with E-state index in [1.807, 2.05) is 0 Å². The van der Waals surface area contributed by atoms with Gasteiger partial charge in [-0.05, 0) is 55.6 Å². The minimum absolute atomic E-state index is 0.338. The maximum Gasteiger partial charge on any atom is 0.00819 e. The van der Waals surface area contributed by atoms with Crippen LogP contribution in [0.2, 0.25) is 0 Å². The van der Waals surface area contributed by atoms with Gasteiger partial charge in [-0.3, -0.25) is 0 Å². The molecule has 1 nitrogen and oxygen atoms in total. The lowest BCUT2D eigenvalue weighted by molar-refractivity contribution is 0.406. The topological polar surface area (TPSA) is 26.0 Å². The Morgan fingerprint density at radius 1 is 1.35 bits per heavy atom. The average Bonchev–Trinajstić information content (AvgIpc) is 2.30. The number of rotatable bonds is 4. The molecule has 1 aliphatic rings. The Kier molecular flexibility index (Phi) is 4.93. The summed E-state index contributed by atoms with van der Waals surface area (Å²) in [5.74, 6) is 3.54. The number of hydrogen-bond donors (Lipinski definition) is 1. The molecule has 1 unspecified atom stereocenters. The molecule has 2 heteroatoms. The van der Waals surface area contributed by atoms with E-state index in [2.05, 4.69) is 43.0 Å². The Labute approximate surface area is 109 Å². The van der Waals surface area contributed by atoms with Gasteiger partial charge in [0.15, 0.2) is 0 Å². The Bertz CT molecular complexity index is 345. The monoisotopic (exact) mass is 249 g/mol. The van der Waals surface area contributed by atoms with Crippen LogP contribution in [0.3, 0.4) is 0 Å². The first-order valence-electron chi connectivity index (χ1n) is 6.63. The van der Waals surface area contributed by atoms with E-state index in [0.29, 0.717) is 6.04 Å². The average molecular weight is 249 g/mol. The first-order chi connectivity index (χ1) is 8.24. The molecule has 94 valence electrons. The highest BCUT2D eigenvalue weighted by molar-refractivity contribution is 7.99. The van der Waals surface area contributed by atoms with Crippen LogP contribution in [0.15, 0.2) is 24.3 Å². The minimum Gasteiger partial charge on any atom is -0.327 e. The smallest absolute Gasteiger partial charge is 0.00819 e. The molecule has 2 N–H and O–H groups in total. The molecule has 1 heterocycles. The Morgan fingerprint density at radius 2 is 2.12 bits per heavy atom. The van der Waals surface area contributed by atoms with Gasteiger partial charge in [0.25, 0.3) is 0 Å². The van der Waals surface area contributed by atoms with E-state index < -0.39 is 0 Å². The second-order valence-electron chi connectivity index (χ2n) is 5.24. The highest BCUT2D eigenvalue weighted by atomic mass is 32.2. The predicted octanol–water partition coefficient (Wildman–Crippen LogP) is 3.40. The van der Waals surface area contributed by atoms with E-state index >= 15 is 0 Å². The summed E-state index contributed by atoms with van der Waals surface area (Å²) in [5.41, 5.74) is 9.01. The standard InChI is InChI=1S/C15H23NS/c1-12-3-2-4-14(9-12)11-15(16)10-13-5-7-17-8-6-13/h2-4,9,13,15H,5-8,10-11,16H2,1H3. The maximum atomic E-state index is 6.28. The third-order valence-electron chi connectivity index (χ3n) is 3.56. The summed E-state index contributed by atoms with van der Waals surface area (Å²) < 4.78 is 0. The van der Waals surface area contributed by atoms with Crippen LogP contribution in [-0.2, 0) is 6.42 Å². The number of hydrogen-bond acceptors (Lipinski definition) is 2. The fourth-order valence-electron chi connectivity index (χ4n) is 2.64. The largest absolute Gasteiger partial charge is 0.327 e. The molecule has 1 aromatic rings. The molecule has 0 radical (unpaired) electrons. The molecule has 1 aromatic carbocycles. The lowest BCUT2D eigenvalue weighted by atomic mass is 9.91. The lowest BCUT2D eigenvalue weighted by Crippen LogP contribution is -2.27. The minimum atomic E-state index is 0.338. The van der Waals surface area contributed by atoms with E-state index in [-0.39, 0.29) is 0 Å². The predicted molar refractivity (Wildman–Crippen MR) is 77.5 cm³/mol. The van der Waals surface area contributed by atoms with Crippen molar-refractivity contribution >= 4 is 11.8 Å². The van der Waals surface area contributed by atoms with Crippen molar-refractivity contribution in [1.29, 1.82) is 0 Å². The molecule has 0 bridgehead atoms. The molecule has 0 aliphatic carbocycles. The van der Waals surface area contributed by atoms with Crippen LogP contribution >= 0.6 is 11.8 Å². The van der Waals surface area contributed by atoms with Crippen molar-refractivity contribution < 1.29 is 0 Å².